The minimum Gasteiger partial charge on any atom is -0.399 e. The summed E-state index contributed by atoms with van der Waals surface area (Å²) in [6.07, 6.45) is 5.45. The van der Waals surface area contributed by atoms with Crippen LogP contribution in [0.2, 0.25) is 0 Å². The molecule has 25 heavy (non-hydrogen) atoms. The Kier molecular flexibility index (Phi) is 4.24. The fourth-order valence-electron chi connectivity index (χ4n) is 2.54. The van der Waals surface area contributed by atoms with E-state index in [9.17, 15) is 0 Å². The molecule has 0 N–H and O–H groups in total. The lowest BCUT2D eigenvalue weighted by molar-refractivity contribution is 0.00578. The molecular formula is C19H26BN3O2. The molecule has 0 aromatic carbocycles. The van der Waals surface area contributed by atoms with Crippen LogP contribution in [0, 0.1) is 0 Å². The van der Waals surface area contributed by atoms with E-state index in [1.54, 1.807) is 6.20 Å². The fourth-order valence-corrected chi connectivity index (χ4v) is 2.54. The van der Waals surface area contributed by atoms with Crippen molar-refractivity contribution in [3.05, 3.63) is 36.5 Å². The molecule has 0 aliphatic carbocycles. The van der Waals surface area contributed by atoms with Gasteiger partial charge in [-0.25, -0.2) is 9.97 Å². The molecule has 0 bridgehead atoms. The second kappa shape index (κ2) is 5.89. The molecule has 1 fully saturated rings. The Morgan fingerprint density at radius 1 is 0.840 bits per heavy atom. The Hall–Kier alpha value is -1.79. The van der Waals surface area contributed by atoms with Crippen molar-refractivity contribution in [1.82, 2.24) is 15.0 Å². The van der Waals surface area contributed by atoms with Gasteiger partial charge in [-0.1, -0.05) is 26.8 Å². The highest BCUT2D eigenvalue weighted by molar-refractivity contribution is 6.62. The molecule has 3 heterocycles. The molecule has 1 aliphatic rings. The van der Waals surface area contributed by atoms with Gasteiger partial charge >= 0.3 is 7.12 Å². The molecule has 132 valence electrons. The van der Waals surface area contributed by atoms with Crippen molar-refractivity contribution in [2.45, 2.75) is 65.1 Å². The van der Waals surface area contributed by atoms with Gasteiger partial charge in [0.15, 0.2) is 0 Å². The van der Waals surface area contributed by atoms with Gasteiger partial charge in [0.05, 0.1) is 16.9 Å². The normalized spacial score (nSPS) is 19.2. The molecule has 0 unspecified atom stereocenters. The number of hydrogen-bond donors (Lipinski definition) is 0. The predicted molar refractivity (Wildman–Crippen MR) is 99.7 cm³/mol. The Morgan fingerprint density at radius 2 is 1.40 bits per heavy atom. The molecule has 0 spiro atoms. The van der Waals surface area contributed by atoms with Gasteiger partial charge in [-0.05, 0) is 33.8 Å². The molecule has 0 radical (unpaired) electrons. The Labute approximate surface area is 150 Å². The van der Waals surface area contributed by atoms with Crippen LogP contribution in [0.4, 0.5) is 0 Å². The highest BCUT2D eigenvalue weighted by Crippen LogP contribution is 2.36. The summed E-state index contributed by atoms with van der Waals surface area (Å²) in [5.74, 6) is 0.824. The van der Waals surface area contributed by atoms with Gasteiger partial charge in [0, 0.05) is 35.0 Å². The summed E-state index contributed by atoms with van der Waals surface area (Å²) < 4.78 is 12.1. The minimum atomic E-state index is -0.397. The van der Waals surface area contributed by atoms with Crippen molar-refractivity contribution in [2.24, 2.45) is 0 Å². The van der Waals surface area contributed by atoms with Gasteiger partial charge in [-0.2, -0.15) is 0 Å². The molecule has 0 amide bonds. The Bertz CT molecular complexity index is 734. The lowest BCUT2D eigenvalue weighted by Crippen LogP contribution is -2.41. The maximum Gasteiger partial charge on any atom is 0.496 e. The molecule has 6 heteroatoms. The van der Waals surface area contributed by atoms with Crippen LogP contribution in [0.25, 0.3) is 11.3 Å². The second-order valence-corrected chi connectivity index (χ2v) is 8.61. The average Bonchev–Trinajstić information content (AvgIpc) is 2.75. The predicted octanol–water partition coefficient (Wildman–Crippen LogP) is 3.14. The third-order valence-corrected chi connectivity index (χ3v) is 4.93. The van der Waals surface area contributed by atoms with E-state index in [4.69, 9.17) is 9.31 Å². The summed E-state index contributed by atoms with van der Waals surface area (Å²) in [6.45, 7) is 14.5. The van der Waals surface area contributed by atoms with E-state index >= 15 is 0 Å². The van der Waals surface area contributed by atoms with E-state index in [-0.39, 0.29) is 16.6 Å². The van der Waals surface area contributed by atoms with E-state index in [0.717, 1.165) is 22.5 Å². The monoisotopic (exact) mass is 339 g/mol. The first-order chi connectivity index (χ1) is 11.5. The molecule has 1 aliphatic heterocycles. The van der Waals surface area contributed by atoms with Crippen molar-refractivity contribution in [3.63, 3.8) is 0 Å². The maximum atomic E-state index is 6.06. The molecule has 3 rings (SSSR count). The second-order valence-electron chi connectivity index (χ2n) is 8.61. The zero-order valence-electron chi connectivity index (χ0n) is 16.1. The van der Waals surface area contributed by atoms with Gasteiger partial charge in [0.25, 0.3) is 0 Å². The number of hydrogen-bond acceptors (Lipinski definition) is 5. The summed E-state index contributed by atoms with van der Waals surface area (Å²) >= 11 is 0. The zero-order valence-corrected chi connectivity index (χ0v) is 16.1. The van der Waals surface area contributed by atoms with Crippen LogP contribution in [0.3, 0.4) is 0 Å². The summed E-state index contributed by atoms with van der Waals surface area (Å²) in [5.41, 5.74) is 1.87. The highest BCUT2D eigenvalue weighted by Gasteiger charge is 2.51. The third-order valence-electron chi connectivity index (χ3n) is 4.93. The molecule has 2 aromatic heterocycles. The first-order valence-electron chi connectivity index (χ1n) is 8.64. The summed E-state index contributed by atoms with van der Waals surface area (Å²) in [6, 6.07) is 3.94. The minimum absolute atomic E-state index is 0.0629. The molecule has 2 aromatic rings. The van der Waals surface area contributed by atoms with Crippen LogP contribution in [-0.2, 0) is 14.7 Å². The number of pyridine rings is 1. The maximum absolute atomic E-state index is 6.06. The van der Waals surface area contributed by atoms with Crippen molar-refractivity contribution in [3.8, 4) is 11.3 Å². The van der Waals surface area contributed by atoms with E-state index in [0.29, 0.717) is 0 Å². The SMILES string of the molecule is CC(C)(C)c1ncc(-c2ccc(B3OC(C)(C)C(C)(C)O3)cn2)cn1. The van der Waals surface area contributed by atoms with Crippen molar-refractivity contribution >= 4 is 12.6 Å². The quantitative estimate of drug-likeness (QED) is 0.787. The van der Waals surface area contributed by atoms with E-state index in [2.05, 4.69) is 35.7 Å². The average molecular weight is 339 g/mol. The van der Waals surface area contributed by atoms with Gasteiger partial charge in [0.2, 0.25) is 0 Å². The van der Waals surface area contributed by atoms with Crippen molar-refractivity contribution in [1.29, 1.82) is 0 Å². The molecule has 5 nitrogen and oxygen atoms in total. The van der Waals surface area contributed by atoms with Crippen molar-refractivity contribution < 1.29 is 9.31 Å². The number of aromatic nitrogens is 3. The van der Waals surface area contributed by atoms with Crippen LogP contribution in [-0.4, -0.2) is 33.3 Å². The third kappa shape index (κ3) is 3.46. The van der Waals surface area contributed by atoms with Crippen LogP contribution in [0.15, 0.2) is 30.7 Å². The summed E-state index contributed by atoms with van der Waals surface area (Å²) in [7, 11) is -0.397. The van der Waals surface area contributed by atoms with Gasteiger partial charge in [-0.15, -0.1) is 0 Å². The molecule has 1 saturated heterocycles. The largest absolute Gasteiger partial charge is 0.496 e. The van der Waals surface area contributed by atoms with E-state index in [1.165, 1.54) is 0 Å². The zero-order chi connectivity index (χ0) is 18.5. The molecule has 0 atom stereocenters. The van der Waals surface area contributed by atoms with Crippen LogP contribution in [0.1, 0.15) is 54.3 Å². The van der Waals surface area contributed by atoms with Crippen LogP contribution in [0.5, 0.6) is 0 Å². The standard InChI is InChI=1S/C19H26BN3O2/c1-17(2,3)16-22-10-13(11-23-16)15-9-8-14(12-21-15)20-24-18(4,5)19(6,7)25-20/h8-12H,1-7H3. The van der Waals surface area contributed by atoms with E-state index < -0.39 is 7.12 Å². The highest BCUT2D eigenvalue weighted by atomic mass is 16.7. The van der Waals surface area contributed by atoms with Crippen molar-refractivity contribution in [2.75, 3.05) is 0 Å². The van der Waals surface area contributed by atoms with Crippen LogP contribution >= 0.6 is 0 Å². The summed E-state index contributed by atoms with van der Waals surface area (Å²) in [5, 5.41) is 0. The van der Waals surface area contributed by atoms with Crippen LogP contribution < -0.4 is 5.46 Å². The smallest absolute Gasteiger partial charge is 0.399 e. The topological polar surface area (TPSA) is 57.1 Å². The first-order valence-corrected chi connectivity index (χ1v) is 8.64. The van der Waals surface area contributed by atoms with Gasteiger partial charge in [-0.3, -0.25) is 4.98 Å². The lowest BCUT2D eigenvalue weighted by Gasteiger charge is -2.32. The van der Waals surface area contributed by atoms with E-state index in [1.807, 2.05) is 52.2 Å². The number of rotatable bonds is 2. The Morgan fingerprint density at radius 3 is 1.84 bits per heavy atom. The first kappa shape index (κ1) is 18.0. The van der Waals surface area contributed by atoms with Gasteiger partial charge in [0.1, 0.15) is 5.82 Å². The molecule has 0 saturated carbocycles. The fraction of sp³-hybridized carbons (Fsp3) is 0.526. The molecular weight excluding hydrogens is 313 g/mol. The summed E-state index contributed by atoms with van der Waals surface area (Å²) in [4.78, 5) is 13.5. The lowest BCUT2D eigenvalue weighted by atomic mass is 9.80. The van der Waals surface area contributed by atoms with Gasteiger partial charge < -0.3 is 9.31 Å². The Balaban J connectivity index is 1.79. The number of nitrogens with zero attached hydrogens (tertiary/aromatic N) is 3.